The second kappa shape index (κ2) is 7.12. The molecule has 21 heavy (non-hydrogen) atoms. The minimum atomic E-state index is 0.0843. The highest BCUT2D eigenvalue weighted by Gasteiger charge is 2.19. The fraction of sp³-hybridized carbons (Fsp3) is 0.125. The summed E-state index contributed by atoms with van der Waals surface area (Å²) in [6, 6.07) is 9.56. The molecule has 0 aliphatic rings. The number of rotatable bonds is 4. The van der Waals surface area contributed by atoms with Crippen LogP contribution >= 0.6 is 23.2 Å². The first-order valence-electron chi connectivity index (χ1n) is 6.20. The average molecular weight is 320 g/mol. The Balaban J connectivity index is 2.16. The van der Waals surface area contributed by atoms with Crippen molar-refractivity contribution < 1.29 is 9.59 Å². The van der Waals surface area contributed by atoms with Crippen LogP contribution < -0.4 is 0 Å². The van der Waals surface area contributed by atoms with E-state index in [2.05, 4.69) is 11.8 Å². The van der Waals surface area contributed by atoms with Crippen molar-refractivity contribution in [3.8, 4) is 11.8 Å². The van der Waals surface area contributed by atoms with Crippen molar-refractivity contribution in [3.63, 3.8) is 0 Å². The Morgan fingerprint density at radius 1 is 1.10 bits per heavy atom. The molecular formula is C16H11Cl2NO2. The van der Waals surface area contributed by atoms with Gasteiger partial charge in [0, 0.05) is 18.5 Å². The van der Waals surface area contributed by atoms with Gasteiger partial charge < -0.3 is 4.57 Å². The van der Waals surface area contributed by atoms with Crippen molar-refractivity contribution in [1.82, 2.24) is 4.57 Å². The van der Waals surface area contributed by atoms with Gasteiger partial charge in [-0.25, -0.2) is 0 Å². The Bertz CT molecular complexity index is 724. The molecule has 0 aliphatic carbocycles. The van der Waals surface area contributed by atoms with E-state index in [1.807, 2.05) is 30.3 Å². The van der Waals surface area contributed by atoms with Gasteiger partial charge in [-0.2, -0.15) is 0 Å². The Morgan fingerprint density at radius 3 is 2.43 bits per heavy atom. The van der Waals surface area contributed by atoms with Crippen LogP contribution in [0.25, 0.3) is 0 Å². The van der Waals surface area contributed by atoms with Crippen molar-refractivity contribution in [2.75, 3.05) is 0 Å². The van der Waals surface area contributed by atoms with Crippen LogP contribution in [0.1, 0.15) is 32.8 Å². The molecule has 0 spiro atoms. The summed E-state index contributed by atoms with van der Waals surface area (Å²) in [6.45, 7) is 0.389. The normalized spacial score (nSPS) is 9.81. The minimum Gasteiger partial charge on any atom is -0.327 e. The van der Waals surface area contributed by atoms with Crippen LogP contribution in [0.4, 0.5) is 0 Å². The predicted octanol–water partition coefficient (Wildman–Crippen LogP) is 3.86. The first-order valence-corrected chi connectivity index (χ1v) is 6.96. The van der Waals surface area contributed by atoms with Crippen molar-refractivity contribution >= 4 is 35.8 Å². The highest BCUT2D eigenvalue weighted by atomic mass is 35.5. The number of aldehydes is 2. The lowest BCUT2D eigenvalue weighted by Crippen LogP contribution is -2.02. The summed E-state index contributed by atoms with van der Waals surface area (Å²) in [5, 5.41) is 0.250. The lowest BCUT2D eigenvalue weighted by Gasteiger charge is -2.03. The number of carbonyl (C=O) groups is 2. The third-order valence-electron chi connectivity index (χ3n) is 2.91. The molecule has 0 bridgehead atoms. The summed E-state index contributed by atoms with van der Waals surface area (Å²) in [5.41, 5.74) is 1.25. The van der Waals surface area contributed by atoms with E-state index >= 15 is 0 Å². The zero-order valence-corrected chi connectivity index (χ0v) is 12.5. The molecular weight excluding hydrogens is 309 g/mol. The molecule has 0 N–H and O–H groups in total. The number of hydrogen-bond donors (Lipinski definition) is 0. The molecule has 0 unspecified atom stereocenters. The topological polar surface area (TPSA) is 39.1 Å². The monoisotopic (exact) mass is 319 g/mol. The SMILES string of the molecule is O=Cc1c(Cl)c(C=O)n(CCC#Cc2ccccc2)c1Cl. The Morgan fingerprint density at radius 2 is 1.81 bits per heavy atom. The van der Waals surface area contributed by atoms with Crippen molar-refractivity contribution in [1.29, 1.82) is 0 Å². The Hall–Kier alpha value is -2.02. The maximum absolute atomic E-state index is 11.1. The third-order valence-corrected chi connectivity index (χ3v) is 3.71. The molecule has 5 heteroatoms. The van der Waals surface area contributed by atoms with Crippen LogP contribution in [-0.2, 0) is 6.54 Å². The number of hydrogen-bond acceptors (Lipinski definition) is 2. The second-order valence-corrected chi connectivity index (χ2v) is 4.94. The molecule has 0 aliphatic heterocycles. The molecule has 0 saturated carbocycles. The first kappa shape index (κ1) is 15.4. The molecule has 0 atom stereocenters. The van der Waals surface area contributed by atoms with Crippen LogP contribution in [0.5, 0.6) is 0 Å². The summed E-state index contributed by atoms with van der Waals surface area (Å²) in [5.74, 6) is 6.01. The molecule has 1 aromatic heterocycles. The third kappa shape index (κ3) is 3.36. The Labute approximate surface area is 132 Å². The maximum atomic E-state index is 11.1. The summed E-state index contributed by atoms with van der Waals surface area (Å²) < 4.78 is 1.50. The molecule has 0 saturated heterocycles. The van der Waals surface area contributed by atoms with E-state index in [0.29, 0.717) is 25.5 Å². The van der Waals surface area contributed by atoms with Crippen molar-refractivity contribution in [2.24, 2.45) is 0 Å². The molecule has 2 aromatic rings. The van der Waals surface area contributed by atoms with E-state index in [1.54, 1.807) is 0 Å². The number of benzene rings is 1. The fourth-order valence-electron chi connectivity index (χ4n) is 1.89. The molecule has 1 aromatic carbocycles. The quantitative estimate of drug-likeness (QED) is 0.634. The van der Waals surface area contributed by atoms with Gasteiger partial charge in [-0.05, 0) is 12.1 Å². The van der Waals surface area contributed by atoms with Crippen LogP contribution in [0, 0.1) is 11.8 Å². The van der Waals surface area contributed by atoms with Crippen LogP contribution in [0.15, 0.2) is 30.3 Å². The lowest BCUT2D eigenvalue weighted by molar-refractivity contribution is 0.111. The highest BCUT2D eigenvalue weighted by molar-refractivity contribution is 6.40. The number of aromatic nitrogens is 1. The van der Waals surface area contributed by atoms with E-state index < -0.39 is 0 Å². The van der Waals surface area contributed by atoms with Gasteiger partial charge in [0.1, 0.15) is 10.8 Å². The summed E-state index contributed by atoms with van der Waals surface area (Å²) in [6.07, 6.45) is 1.62. The number of carbonyl (C=O) groups excluding carboxylic acids is 2. The zero-order valence-electron chi connectivity index (χ0n) is 11.0. The summed E-state index contributed by atoms with van der Waals surface area (Å²) >= 11 is 12.0. The smallest absolute Gasteiger partial charge is 0.168 e. The highest BCUT2D eigenvalue weighted by Crippen LogP contribution is 2.29. The predicted molar refractivity (Wildman–Crippen MR) is 83.2 cm³/mol. The minimum absolute atomic E-state index is 0.0843. The van der Waals surface area contributed by atoms with Gasteiger partial charge in [0.2, 0.25) is 0 Å². The fourth-order valence-corrected chi connectivity index (χ4v) is 2.53. The van der Waals surface area contributed by atoms with E-state index in [1.165, 1.54) is 4.57 Å². The lowest BCUT2D eigenvalue weighted by atomic mass is 10.2. The van der Waals surface area contributed by atoms with E-state index in [-0.39, 0.29) is 21.4 Å². The van der Waals surface area contributed by atoms with E-state index in [0.717, 1.165) is 5.56 Å². The van der Waals surface area contributed by atoms with Gasteiger partial charge in [0.05, 0.1) is 10.6 Å². The molecule has 106 valence electrons. The van der Waals surface area contributed by atoms with Gasteiger partial charge in [-0.1, -0.05) is 53.2 Å². The van der Waals surface area contributed by atoms with E-state index in [9.17, 15) is 9.59 Å². The van der Waals surface area contributed by atoms with Gasteiger partial charge >= 0.3 is 0 Å². The van der Waals surface area contributed by atoms with Crippen LogP contribution in [0.2, 0.25) is 10.2 Å². The van der Waals surface area contributed by atoms with Gasteiger partial charge in [-0.15, -0.1) is 0 Å². The number of halogens is 2. The van der Waals surface area contributed by atoms with E-state index in [4.69, 9.17) is 23.2 Å². The van der Waals surface area contributed by atoms with Gasteiger partial charge in [0.25, 0.3) is 0 Å². The van der Waals surface area contributed by atoms with Gasteiger partial charge in [0.15, 0.2) is 12.6 Å². The largest absolute Gasteiger partial charge is 0.327 e. The number of nitrogens with zero attached hydrogens (tertiary/aromatic N) is 1. The Kier molecular flexibility index (Phi) is 5.21. The zero-order chi connectivity index (χ0) is 15.2. The average Bonchev–Trinajstić information content (AvgIpc) is 2.74. The standard InChI is InChI=1S/C16H11Cl2NO2/c17-15-13(10-20)16(18)19(14(15)11-21)9-5-4-8-12-6-2-1-3-7-12/h1-3,6-7,10-11H,5,9H2. The first-order chi connectivity index (χ1) is 10.2. The molecule has 2 rings (SSSR count). The van der Waals surface area contributed by atoms with Crippen LogP contribution in [0.3, 0.4) is 0 Å². The summed E-state index contributed by atoms with van der Waals surface area (Å²) in [4.78, 5) is 22.0. The molecule has 1 heterocycles. The molecule has 0 radical (unpaired) electrons. The summed E-state index contributed by atoms with van der Waals surface area (Å²) in [7, 11) is 0. The van der Waals surface area contributed by atoms with Gasteiger partial charge in [-0.3, -0.25) is 9.59 Å². The van der Waals surface area contributed by atoms with Crippen molar-refractivity contribution in [2.45, 2.75) is 13.0 Å². The molecule has 3 nitrogen and oxygen atoms in total. The van der Waals surface area contributed by atoms with Crippen molar-refractivity contribution in [3.05, 3.63) is 57.3 Å². The second-order valence-electron chi connectivity index (χ2n) is 4.21. The van der Waals surface area contributed by atoms with Crippen LogP contribution in [-0.4, -0.2) is 17.1 Å². The maximum Gasteiger partial charge on any atom is 0.168 e. The molecule has 0 fully saturated rings. The molecule has 0 amide bonds.